The van der Waals surface area contributed by atoms with Crippen LogP contribution in [0.25, 0.3) is 0 Å². The molecule has 0 bridgehead atoms. The van der Waals surface area contributed by atoms with Gasteiger partial charge in [0, 0.05) is 12.2 Å². The molecule has 1 rings (SSSR count). The van der Waals surface area contributed by atoms with Crippen molar-refractivity contribution in [3.8, 4) is 0 Å². The fourth-order valence-corrected chi connectivity index (χ4v) is 1.97. The van der Waals surface area contributed by atoms with Crippen LogP contribution in [0.5, 0.6) is 0 Å². The number of thioether (sulfide) groups is 1. The summed E-state index contributed by atoms with van der Waals surface area (Å²) in [6.07, 6.45) is 2.10. The molecule has 3 nitrogen and oxygen atoms in total. The molecular formula is C12H19N3S. The predicted molar refractivity (Wildman–Crippen MR) is 74.1 cm³/mol. The van der Waals surface area contributed by atoms with E-state index in [1.54, 1.807) is 0 Å². The van der Waals surface area contributed by atoms with E-state index in [0.717, 1.165) is 18.0 Å². The van der Waals surface area contributed by atoms with Gasteiger partial charge in [0.2, 0.25) is 0 Å². The number of hydrogen-bond donors (Lipinski definition) is 2. The first kappa shape index (κ1) is 12.9. The van der Waals surface area contributed by atoms with Crippen LogP contribution in [0.15, 0.2) is 35.3 Å². The third-order valence-corrected chi connectivity index (χ3v) is 2.97. The lowest BCUT2D eigenvalue weighted by atomic mass is 10.2. The minimum atomic E-state index is 0.485. The number of rotatable bonds is 5. The average Bonchev–Trinajstić information content (AvgIpc) is 2.28. The molecule has 1 aromatic carbocycles. The number of guanidine groups is 1. The quantitative estimate of drug-likeness (QED) is 0.611. The zero-order valence-corrected chi connectivity index (χ0v) is 10.6. The van der Waals surface area contributed by atoms with Crippen molar-refractivity contribution in [1.29, 1.82) is 0 Å². The molecule has 3 N–H and O–H groups in total. The van der Waals surface area contributed by atoms with E-state index >= 15 is 0 Å². The van der Waals surface area contributed by atoms with Gasteiger partial charge in [0.1, 0.15) is 0 Å². The van der Waals surface area contributed by atoms with E-state index in [9.17, 15) is 0 Å². The summed E-state index contributed by atoms with van der Waals surface area (Å²) < 4.78 is 0. The van der Waals surface area contributed by atoms with Crippen molar-refractivity contribution in [1.82, 2.24) is 0 Å². The number of nitrogens with one attached hydrogen (secondary N) is 1. The van der Waals surface area contributed by atoms with Gasteiger partial charge in [-0.2, -0.15) is 11.8 Å². The summed E-state index contributed by atoms with van der Waals surface area (Å²) in [5.74, 6) is 2.16. The number of benzene rings is 1. The maximum atomic E-state index is 5.78. The summed E-state index contributed by atoms with van der Waals surface area (Å²) in [5, 5.41) is 3.06. The van der Waals surface area contributed by atoms with Gasteiger partial charge in [-0.05, 0) is 30.1 Å². The fourth-order valence-electron chi connectivity index (χ4n) is 1.30. The first-order chi connectivity index (χ1) is 7.72. The van der Waals surface area contributed by atoms with E-state index in [4.69, 9.17) is 5.73 Å². The second kappa shape index (κ2) is 7.17. The molecule has 88 valence electrons. The molecule has 0 heterocycles. The largest absolute Gasteiger partial charge is 0.370 e. The third-order valence-electron chi connectivity index (χ3n) is 2.07. The van der Waals surface area contributed by atoms with Gasteiger partial charge in [-0.1, -0.05) is 25.1 Å². The molecule has 0 spiro atoms. The van der Waals surface area contributed by atoms with Gasteiger partial charge in [-0.15, -0.1) is 0 Å². The highest BCUT2D eigenvalue weighted by Gasteiger charge is 2.00. The lowest BCUT2D eigenvalue weighted by molar-refractivity contribution is 0.677. The van der Waals surface area contributed by atoms with E-state index in [0.29, 0.717) is 11.9 Å². The molecule has 0 aliphatic carbocycles. The van der Waals surface area contributed by atoms with E-state index in [1.807, 2.05) is 42.1 Å². The number of hydrogen-bond acceptors (Lipinski definition) is 2. The molecule has 4 heteroatoms. The molecule has 0 saturated heterocycles. The SMILES string of the molecule is CSCC(C)CN=C(N)Nc1ccccc1. The molecule has 1 atom stereocenters. The van der Waals surface area contributed by atoms with Crippen molar-refractivity contribution in [2.24, 2.45) is 16.6 Å². The number of nitrogens with zero attached hydrogens (tertiary/aromatic N) is 1. The van der Waals surface area contributed by atoms with Gasteiger partial charge in [0.25, 0.3) is 0 Å². The van der Waals surface area contributed by atoms with Crippen LogP contribution in [0.3, 0.4) is 0 Å². The Bertz CT molecular complexity index is 324. The van der Waals surface area contributed by atoms with Crippen LogP contribution < -0.4 is 11.1 Å². The van der Waals surface area contributed by atoms with Crippen LogP contribution in [0.1, 0.15) is 6.92 Å². The Morgan fingerprint density at radius 2 is 2.12 bits per heavy atom. The highest BCUT2D eigenvalue weighted by atomic mass is 32.2. The molecule has 1 aromatic rings. The Morgan fingerprint density at radius 1 is 1.44 bits per heavy atom. The maximum absolute atomic E-state index is 5.78. The number of anilines is 1. The van der Waals surface area contributed by atoms with Crippen molar-refractivity contribution in [3.63, 3.8) is 0 Å². The highest BCUT2D eigenvalue weighted by Crippen LogP contribution is 2.06. The molecule has 0 aliphatic rings. The highest BCUT2D eigenvalue weighted by molar-refractivity contribution is 7.98. The van der Waals surface area contributed by atoms with Gasteiger partial charge in [-0.3, -0.25) is 4.99 Å². The van der Waals surface area contributed by atoms with Crippen LogP contribution in [-0.2, 0) is 0 Å². The van der Waals surface area contributed by atoms with E-state index < -0.39 is 0 Å². The monoisotopic (exact) mass is 237 g/mol. The van der Waals surface area contributed by atoms with Crippen molar-refractivity contribution in [3.05, 3.63) is 30.3 Å². The zero-order valence-electron chi connectivity index (χ0n) is 9.81. The number of aliphatic imine (C=N–C) groups is 1. The maximum Gasteiger partial charge on any atom is 0.193 e. The standard InChI is InChI=1S/C12H19N3S/c1-10(9-16-2)8-14-12(13)15-11-6-4-3-5-7-11/h3-7,10H,8-9H2,1-2H3,(H3,13,14,15). The zero-order chi connectivity index (χ0) is 11.8. The smallest absolute Gasteiger partial charge is 0.193 e. The average molecular weight is 237 g/mol. The van der Waals surface area contributed by atoms with Crippen molar-refractivity contribution >= 4 is 23.4 Å². The van der Waals surface area contributed by atoms with Crippen molar-refractivity contribution < 1.29 is 0 Å². The fraction of sp³-hybridized carbons (Fsp3) is 0.417. The summed E-state index contributed by atoms with van der Waals surface area (Å²) in [7, 11) is 0. The van der Waals surface area contributed by atoms with Crippen LogP contribution in [0.4, 0.5) is 5.69 Å². The predicted octanol–water partition coefficient (Wildman–Crippen LogP) is 2.41. The van der Waals surface area contributed by atoms with Crippen LogP contribution in [0, 0.1) is 5.92 Å². The summed E-state index contributed by atoms with van der Waals surface area (Å²) in [6, 6.07) is 9.83. The topological polar surface area (TPSA) is 50.4 Å². The Kier molecular flexibility index (Phi) is 5.78. The second-order valence-electron chi connectivity index (χ2n) is 3.78. The van der Waals surface area contributed by atoms with Gasteiger partial charge >= 0.3 is 0 Å². The molecule has 0 saturated carbocycles. The number of para-hydroxylation sites is 1. The van der Waals surface area contributed by atoms with Gasteiger partial charge in [0.15, 0.2) is 5.96 Å². The minimum Gasteiger partial charge on any atom is -0.370 e. The molecule has 0 radical (unpaired) electrons. The van der Waals surface area contributed by atoms with Gasteiger partial charge < -0.3 is 11.1 Å². The Balaban J connectivity index is 2.40. The van der Waals surface area contributed by atoms with Crippen LogP contribution in [0.2, 0.25) is 0 Å². The number of nitrogens with two attached hydrogens (primary N) is 1. The Hall–Kier alpha value is -1.16. The first-order valence-electron chi connectivity index (χ1n) is 5.33. The lowest BCUT2D eigenvalue weighted by Gasteiger charge is -2.08. The normalized spacial score (nSPS) is 13.5. The van der Waals surface area contributed by atoms with Crippen molar-refractivity contribution in [2.45, 2.75) is 6.92 Å². The molecular weight excluding hydrogens is 218 g/mol. The van der Waals surface area contributed by atoms with Crippen molar-refractivity contribution in [2.75, 3.05) is 23.9 Å². The lowest BCUT2D eigenvalue weighted by Crippen LogP contribution is -2.23. The Morgan fingerprint density at radius 3 is 2.75 bits per heavy atom. The Labute approximate surface area is 102 Å². The molecule has 1 unspecified atom stereocenters. The van der Waals surface area contributed by atoms with E-state index in [2.05, 4.69) is 23.5 Å². The first-order valence-corrected chi connectivity index (χ1v) is 6.72. The van der Waals surface area contributed by atoms with Crippen LogP contribution >= 0.6 is 11.8 Å². The summed E-state index contributed by atoms with van der Waals surface area (Å²) in [6.45, 7) is 2.95. The van der Waals surface area contributed by atoms with Gasteiger partial charge in [0.05, 0.1) is 0 Å². The van der Waals surface area contributed by atoms with E-state index in [1.165, 1.54) is 0 Å². The molecule has 16 heavy (non-hydrogen) atoms. The summed E-state index contributed by atoms with van der Waals surface area (Å²) >= 11 is 1.83. The summed E-state index contributed by atoms with van der Waals surface area (Å²) in [5.41, 5.74) is 6.76. The minimum absolute atomic E-state index is 0.485. The van der Waals surface area contributed by atoms with Gasteiger partial charge in [-0.25, -0.2) is 0 Å². The molecule has 0 amide bonds. The van der Waals surface area contributed by atoms with Crippen LogP contribution in [-0.4, -0.2) is 24.5 Å². The summed E-state index contributed by atoms with van der Waals surface area (Å²) in [4.78, 5) is 4.31. The molecule has 0 aromatic heterocycles. The molecule has 0 aliphatic heterocycles. The van der Waals surface area contributed by atoms with E-state index in [-0.39, 0.29) is 0 Å². The third kappa shape index (κ3) is 5.07. The molecule has 0 fully saturated rings. The second-order valence-corrected chi connectivity index (χ2v) is 4.69.